The van der Waals surface area contributed by atoms with Gasteiger partial charge in [-0.3, -0.25) is 14.4 Å². The molecule has 324 valence electrons. The molecule has 2 unspecified atom stereocenters. The highest BCUT2D eigenvalue weighted by molar-refractivity contribution is 6.00. The van der Waals surface area contributed by atoms with Crippen molar-refractivity contribution in [1.29, 1.82) is 0 Å². The number of likely N-dealkylation sites (N-methyl/N-ethyl adjacent to an activating group) is 1. The van der Waals surface area contributed by atoms with Gasteiger partial charge in [-0.1, -0.05) is 58.0 Å². The number of rotatable bonds is 13. The van der Waals surface area contributed by atoms with Crippen LogP contribution in [0.2, 0.25) is 0 Å². The van der Waals surface area contributed by atoms with Gasteiger partial charge in [0, 0.05) is 18.0 Å². The predicted molar refractivity (Wildman–Crippen MR) is 218 cm³/mol. The van der Waals surface area contributed by atoms with Crippen molar-refractivity contribution in [2.75, 3.05) is 33.8 Å². The number of ether oxygens (including phenoxy) is 4. The summed E-state index contributed by atoms with van der Waals surface area (Å²) in [6.45, 7) is 16.6. The molecular formula is C43H72N4O10. The second kappa shape index (κ2) is 21.3. The zero-order valence-corrected chi connectivity index (χ0v) is 36.1. The summed E-state index contributed by atoms with van der Waals surface area (Å²) < 4.78 is 25.5. The van der Waals surface area contributed by atoms with E-state index in [9.17, 15) is 29.7 Å². The van der Waals surface area contributed by atoms with Crippen LogP contribution in [0.15, 0.2) is 36.5 Å². The maximum atomic E-state index is 14.4. The lowest BCUT2D eigenvalue weighted by Gasteiger charge is -2.47. The lowest BCUT2D eigenvalue weighted by molar-refractivity contribution is -0.298. The molecule has 2 fully saturated rings. The van der Waals surface area contributed by atoms with Crippen LogP contribution in [0.3, 0.4) is 0 Å². The van der Waals surface area contributed by atoms with E-state index in [4.69, 9.17) is 24.7 Å². The Morgan fingerprint density at radius 2 is 1.74 bits per heavy atom. The summed E-state index contributed by atoms with van der Waals surface area (Å²) in [6, 6.07) is 9.06. The third-order valence-corrected chi connectivity index (χ3v) is 11.8. The van der Waals surface area contributed by atoms with Crippen molar-refractivity contribution in [2.24, 2.45) is 29.4 Å². The summed E-state index contributed by atoms with van der Waals surface area (Å²) in [5.41, 5.74) is 4.72. The van der Waals surface area contributed by atoms with Crippen molar-refractivity contribution in [3.8, 4) is 0 Å². The lowest BCUT2D eigenvalue weighted by atomic mass is 9.79. The van der Waals surface area contributed by atoms with Crippen LogP contribution in [0.4, 0.5) is 0 Å². The van der Waals surface area contributed by atoms with Gasteiger partial charge in [0.2, 0.25) is 5.91 Å². The van der Waals surface area contributed by atoms with Gasteiger partial charge in [0.15, 0.2) is 12.1 Å². The summed E-state index contributed by atoms with van der Waals surface area (Å²) >= 11 is 0. The van der Waals surface area contributed by atoms with E-state index in [0.717, 1.165) is 17.6 Å². The van der Waals surface area contributed by atoms with Crippen LogP contribution in [-0.4, -0.2) is 132 Å². The molecule has 57 heavy (non-hydrogen) atoms. The first-order valence-electron chi connectivity index (χ1n) is 20.6. The molecule has 1 aromatic rings. The topological polar surface area (TPSA) is 202 Å². The standard InChI is InChI=1S/C43H72N4O10/c1-12-34-43(9,53)37(50)30(7)39(51)46-26(3)21-42(8,54-24-25(2)23-45-19-18-32(22-44)31-16-14-13-15-17-31)38(28(5)35(48)29(6)40(52)56-34)57-41-36(49)33(47(10)11)20-27(4)55-41/h13-17,22,25-30,33-34,36-38,41,45,49-50,53H,12,18-21,23-24,44H2,1-11H3,(H,46,51)/b32-22-/t25?,26-,27-,28+,29-,30-,33+,34-,36-,37-,38?,41+,42-,43-/m1/s1. The molecular weight excluding hydrogens is 732 g/mol. The second-order valence-corrected chi connectivity index (χ2v) is 17.2. The van der Waals surface area contributed by atoms with Gasteiger partial charge in [0.1, 0.15) is 23.7 Å². The molecule has 3 rings (SSSR count). The number of aliphatic hydroxyl groups excluding tert-OH is 2. The fraction of sp³-hybridized carbons (Fsp3) is 0.744. The minimum Gasteiger partial charge on any atom is -0.459 e. The molecule has 0 bridgehead atoms. The minimum atomic E-state index is -2.01. The third-order valence-electron chi connectivity index (χ3n) is 11.8. The molecule has 14 heteroatoms. The van der Waals surface area contributed by atoms with E-state index in [1.54, 1.807) is 27.0 Å². The molecule has 0 aromatic heterocycles. The Labute approximate surface area is 340 Å². The molecule has 1 amide bonds. The number of ketones is 1. The fourth-order valence-corrected chi connectivity index (χ4v) is 8.18. The smallest absolute Gasteiger partial charge is 0.316 e. The number of aliphatic hydroxyl groups is 3. The van der Waals surface area contributed by atoms with E-state index in [-0.39, 0.29) is 37.5 Å². The molecule has 0 spiro atoms. The molecule has 2 heterocycles. The summed E-state index contributed by atoms with van der Waals surface area (Å²) in [5, 5.41) is 40.8. The molecule has 1 aromatic carbocycles. The largest absolute Gasteiger partial charge is 0.459 e. The van der Waals surface area contributed by atoms with Crippen molar-refractivity contribution in [1.82, 2.24) is 15.5 Å². The Bertz CT molecular complexity index is 1480. The van der Waals surface area contributed by atoms with Gasteiger partial charge in [0.05, 0.1) is 36.4 Å². The van der Waals surface area contributed by atoms with Crippen LogP contribution in [0.1, 0.15) is 93.6 Å². The van der Waals surface area contributed by atoms with Crippen molar-refractivity contribution in [3.63, 3.8) is 0 Å². The second-order valence-electron chi connectivity index (χ2n) is 17.2. The van der Waals surface area contributed by atoms with Crippen LogP contribution < -0.4 is 16.4 Å². The van der Waals surface area contributed by atoms with Crippen molar-refractivity contribution < 1.29 is 48.7 Å². The summed E-state index contributed by atoms with van der Waals surface area (Å²) in [6.07, 6.45) is -3.28. The quantitative estimate of drug-likeness (QED) is 0.0967. The number of cyclic esters (lactones) is 1. The van der Waals surface area contributed by atoms with E-state index < -0.39 is 83.4 Å². The Morgan fingerprint density at radius 3 is 2.33 bits per heavy atom. The Morgan fingerprint density at radius 1 is 1.09 bits per heavy atom. The van der Waals surface area contributed by atoms with Crippen molar-refractivity contribution in [3.05, 3.63) is 42.1 Å². The van der Waals surface area contributed by atoms with E-state index in [2.05, 4.69) is 10.6 Å². The summed E-state index contributed by atoms with van der Waals surface area (Å²) in [5.74, 6) is -5.35. The molecule has 2 saturated heterocycles. The first kappa shape index (κ1) is 48.4. The first-order chi connectivity index (χ1) is 26.7. The molecule has 0 aliphatic carbocycles. The zero-order valence-electron chi connectivity index (χ0n) is 36.1. The van der Waals surface area contributed by atoms with Crippen LogP contribution >= 0.6 is 0 Å². The molecule has 14 nitrogen and oxygen atoms in total. The maximum Gasteiger partial charge on any atom is 0.316 e. The normalized spacial score (nSPS) is 37.2. The zero-order chi connectivity index (χ0) is 42.8. The van der Waals surface area contributed by atoms with Crippen LogP contribution in [-0.2, 0) is 33.3 Å². The Kier molecular flexibility index (Phi) is 18.1. The van der Waals surface area contributed by atoms with Gasteiger partial charge >= 0.3 is 5.97 Å². The number of carbonyl (C=O) groups excluding carboxylic acids is 3. The first-order valence-corrected chi connectivity index (χ1v) is 20.6. The molecule has 0 saturated carbocycles. The number of hydrogen-bond donors (Lipinski definition) is 6. The molecule has 0 radical (unpaired) electrons. The van der Waals surface area contributed by atoms with E-state index >= 15 is 0 Å². The summed E-state index contributed by atoms with van der Waals surface area (Å²) in [7, 11) is 3.74. The van der Waals surface area contributed by atoms with Gasteiger partial charge in [-0.05, 0) is 111 Å². The van der Waals surface area contributed by atoms with Gasteiger partial charge in [0.25, 0.3) is 0 Å². The number of benzene rings is 1. The van der Waals surface area contributed by atoms with Crippen LogP contribution in [0.5, 0.6) is 0 Å². The number of carbonyl (C=O) groups is 3. The number of nitrogens with one attached hydrogen (secondary N) is 2. The van der Waals surface area contributed by atoms with E-state index in [1.165, 1.54) is 20.8 Å². The van der Waals surface area contributed by atoms with E-state index in [1.807, 2.05) is 70.1 Å². The minimum absolute atomic E-state index is 0.0241. The highest BCUT2D eigenvalue weighted by Gasteiger charge is 2.51. The number of Topliss-reactive ketones (excluding diaryl/α,β-unsaturated/α-hetero) is 1. The lowest BCUT2D eigenvalue weighted by Crippen LogP contribution is -2.60. The number of amides is 1. The van der Waals surface area contributed by atoms with Gasteiger partial charge in [-0.25, -0.2) is 0 Å². The maximum absolute atomic E-state index is 14.4. The number of hydrogen-bond acceptors (Lipinski definition) is 13. The SMILES string of the molecule is CC[C@H]1OC(=O)[C@H](C)C(=O)[C@H](C)C(O[C@@H]2O[C@H](C)C[C@H](N(C)C)[C@H]2O)[C@](C)(OCC(C)CNCC/C(=C/N)c2ccccc2)C[C@@H](C)NC(=O)[C@H](C)[C@@H](O)[C@]1(C)O. The average Bonchev–Trinajstić information content (AvgIpc) is 3.17. The van der Waals surface area contributed by atoms with E-state index in [0.29, 0.717) is 19.5 Å². The third kappa shape index (κ3) is 12.5. The van der Waals surface area contributed by atoms with Crippen LogP contribution in [0, 0.1) is 23.7 Å². The fourth-order valence-electron chi connectivity index (χ4n) is 8.18. The number of nitrogens with zero attached hydrogens (tertiary/aromatic N) is 1. The molecule has 2 aliphatic rings. The molecule has 2 aliphatic heterocycles. The molecule has 14 atom stereocenters. The monoisotopic (exact) mass is 805 g/mol. The Hall–Kier alpha value is -2.95. The average molecular weight is 805 g/mol. The van der Waals surface area contributed by atoms with Gasteiger partial charge in [-0.15, -0.1) is 0 Å². The Balaban J connectivity index is 2.00. The van der Waals surface area contributed by atoms with Gasteiger partial charge < -0.3 is 55.5 Å². The summed E-state index contributed by atoms with van der Waals surface area (Å²) in [4.78, 5) is 43.6. The van der Waals surface area contributed by atoms with Gasteiger partial charge in [-0.2, -0.15) is 0 Å². The number of esters is 1. The van der Waals surface area contributed by atoms with Crippen LogP contribution in [0.25, 0.3) is 5.57 Å². The van der Waals surface area contributed by atoms with Crippen molar-refractivity contribution in [2.45, 2.75) is 148 Å². The number of nitrogens with two attached hydrogens (primary N) is 1. The highest BCUT2D eigenvalue weighted by Crippen LogP contribution is 2.37. The predicted octanol–water partition coefficient (Wildman–Crippen LogP) is 3.01. The van der Waals surface area contributed by atoms with Crippen molar-refractivity contribution >= 4 is 23.2 Å². The molecule has 7 N–H and O–H groups in total. The highest BCUT2D eigenvalue weighted by atomic mass is 16.7.